The molecule has 0 saturated carbocycles. The summed E-state index contributed by atoms with van der Waals surface area (Å²) in [6.07, 6.45) is -6.94. The summed E-state index contributed by atoms with van der Waals surface area (Å²) in [7, 11) is 1.43. The summed E-state index contributed by atoms with van der Waals surface area (Å²) >= 11 is 0. The van der Waals surface area contributed by atoms with E-state index >= 15 is 0 Å². The van der Waals surface area contributed by atoms with Crippen molar-refractivity contribution in [3.63, 3.8) is 0 Å². The van der Waals surface area contributed by atoms with E-state index in [1.807, 2.05) is 6.07 Å². The second kappa shape index (κ2) is 5.17. The molecule has 0 radical (unpaired) electrons. The van der Waals surface area contributed by atoms with Gasteiger partial charge in [0.25, 0.3) is 0 Å². The van der Waals surface area contributed by atoms with Crippen LogP contribution < -0.4 is 0 Å². The van der Waals surface area contributed by atoms with Crippen molar-refractivity contribution < 1.29 is 18.3 Å². The van der Waals surface area contributed by atoms with Crippen LogP contribution in [-0.2, 0) is 0 Å². The van der Waals surface area contributed by atoms with Gasteiger partial charge in [0.2, 0.25) is 0 Å². The number of hydrogen-bond acceptors (Lipinski definition) is 3. The summed E-state index contributed by atoms with van der Waals surface area (Å²) in [4.78, 5) is 1.28. The topological polar surface area (TPSA) is 47.3 Å². The molecule has 82 valence electrons. The normalized spacial score (nSPS) is 16.4. The highest BCUT2D eigenvalue weighted by atomic mass is 19.4. The fourth-order valence-corrected chi connectivity index (χ4v) is 0.982. The fraction of sp³-hybridized carbons (Fsp3) is 0.875. The van der Waals surface area contributed by atoms with Crippen molar-refractivity contribution in [1.29, 1.82) is 5.26 Å². The van der Waals surface area contributed by atoms with Crippen LogP contribution >= 0.6 is 0 Å². The van der Waals surface area contributed by atoms with Crippen molar-refractivity contribution >= 4 is 0 Å². The van der Waals surface area contributed by atoms with E-state index in [0.29, 0.717) is 0 Å². The Balaban J connectivity index is 3.96. The van der Waals surface area contributed by atoms with Gasteiger partial charge in [0.15, 0.2) is 6.10 Å². The second-order valence-corrected chi connectivity index (χ2v) is 3.31. The molecular weight excluding hydrogens is 197 g/mol. The van der Waals surface area contributed by atoms with Gasteiger partial charge in [-0.1, -0.05) is 0 Å². The minimum absolute atomic E-state index is 0.212. The van der Waals surface area contributed by atoms with Crippen LogP contribution in [0.15, 0.2) is 0 Å². The molecule has 2 atom stereocenters. The third-order valence-electron chi connectivity index (χ3n) is 1.67. The molecule has 0 fully saturated rings. The zero-order valence-corrected chi connectivity index (χ0v) is 8.04. The van der Waals surface area contributed by atoms with Gasteiger partial charge in [-0.15, -0.1) is 0 Å². The minimum Gasteiger partial charge on any atom is -0.382 e. The lowest BCUT2D eigenvalue weighted by Gasteiger charge is -2.22. The van der Waals surface area contributed by atoms with Gasteiger partial charge in [0.1, 0.15) is 0 Å². The predicted molar refractivity (Wildman–Crippen MR) is 44.3 cm³/mol. The first kappa shape index (κ1) is 13.2. The third kappa shape index (κ3) is 5.04. The van der Waals surface area contributed by atoms with E-state index in [-0.39, 0.29) is 12.5 Å². The predicted octanol–water partition coefficient (Wildman–Crippen LogP) is 1.00. The van der Waals surface area contributed by atoms with Crippen LogP contribution in [0.25, 0.3) is 0 Å². The van der Waals surface area contributed by atoms with E-state index in [1.165, 1.54) is 11.9 Å². The molecule has 2 unspecified atom stereocenters. The summed E-state index contributed by atoms with van der Waals surface area (Å²) in [6, 6.07) is 1.90. The van der Waals surface area contributed by atoms with Crippen molar-refractivity contribution in [3.8, 4) is 6.07 Å². The molecule has 0 aromatic rings. The van der Waals surface area contributed by atoms with Crippen molar-refractivity contribution in [2.24, 2.45) is 5.92 Å². The highest BCUT2D eigenvalue weighted by Gasteiger charge is 2.38. The van der Waals surface area contributed by atoms with Crippen LogP contribution in [0.4, 0.5) is 13.2 Å². The van der Waals surface area contributed by atoms with Crippen LogP contribution in [0, 0.1) is 17.2 Å². The molecule has 0 amide bonds. The molecule has 0 heterocycles. The Kier molecular flexibility index (Phi) is 4.88. The lowest BCUT2D eigenvalue weighted by molar-refractivity contribution is -0.207. The molecule has 0 aromatic heterocycles. The van der Waals surface area contributed by atoms with Gasteiger partial charge in [-0.2, -0.15) is 18.4 Å². The van der Waals surface area contributed by atoms with Gasteiger partial charge < -0.3 is 10.0 Å². The Morgan fingerprint density at radius 3 is 2.29 bits per heavy atom. The van der Waals surface area contributed by atoms with Gasteiger partial charge in [-0.25, -0.2) is 0 Å². The quantitative estimate of drug-likeness (QED) is 0.753. The Labute approximate surface area is 80.7 Å². The zero-order valence-electron chi connectivity index (χ0n) is 8.04. The summed E-state index contributed by atoms with van der Waals surface area (Å²) in [5, 5.41) is 17.1. The van der Waals surface area contributed by atoms with Crippen molar-refractivity contribution in [2.45, 2.75) is 19.2 Å². The van der Waals surface area contributed by atoms with Gasteiger partial charge in [-0.05, 0) is 14.0 Å². The van der Waals surface area contributed by atoms with Crippen molar-refractivity contribution in [3.05, 3.63) is 0 Å². The number of nitrogens with zero attached hydrogens (tertiary/aromatic N) is 2. The molecule has 14 heavy (non-hydrogen) atoms. The van der Waals surface area contributed by atoms with Gasteiger partial charge in [0, 0.05) is 13.1 Å². The molecule has 0 spiro atoms. The number of rotatable bonds is 4. The zero-order chi connectivity index (χ0) is 11.4. The molecule has 0 rings (SSSR count). The average Bonchev–Trinajstić information content (AvgIpc) is 2.02. The molecule has 0 saturated heterocycles. The van der Waals surface area contributed by atoms with Gasteiger partial charge in [-0.3, -0.25) is 0 Å². The molecule has 0 bridgehead atoms. The lowest BCUT2D eigenvalue weighted by atomic mass is 10.2. The Hall–Kier alpha value is -0.800. The van der Waals surface area contributed by atoms with E-state index in [0.717, 1.165) is 0 Å². The maximum Gasteiger partial charge on any atom is 0.415 e. The maximum absolute atomic E-state index is 11.9. The van der Waals surface area contributed by atoms with Crippen LogP contribution in [-0.4, -0.2) is 42.4 Å². The molecular formula is C8H13F3N2O. The third-order valence-corrected chi connectivity index (χ3v) is 1.67. The molecule has 0 aliphatic heterocycles. The fourth-order valence-electron chi connectivity index (χ4n) is 0.982. The monoisotopic (exact) mass is 210 g/mol. The summed E-state index contributed by atoms with van der Waals surface area (Å²) in [6.45, 7) is 1.32. The van der Waals surface area contributed by atoms with E-state index in [9.17, 15) is 13.2 Å². The minimum atomic E-state index is -4.59. The molecule has 3 nitrogen and oxygen atoms in total. The highest BCUT2D eigenvalue weighted by Crippen LogP contribution is 2.20. The Morgan fingerprint density at radius 2 is 1.93 bits per heavy atom. The van der Waals surface area contributed by atoms with Crippen LogP contribution in [0.2, 0.25) is 0 Å². The molecule has 0 aliphatic rings. The smallest absolute Gasteiger partial charge is 0.382 e. The maximum atomic E-state index is 11.9. The number of likely N-dealkylation sites (N-methyl/N-ethyl adjacent to an activating group) is 1. The van der Waals surface area contributed by atoms with Gasteiger partial charge in [0.05, 0.1) is 12.0 Å². The standard InChI is InChI=1S/C8H13F3N2O/c1-6(3-12)4-13(2)5-7(14)8(9,10)11/h6-7,14H,4-5H2,1-2H3. The largest absolute Gasteiger partial charge is 0.415 e. The number of halogens is 3. The highest BCUT2D eigenvalue weighted by molar-refractivity contribution is 4.81. The van der Waals surface area contributed by atoms with E-state index in [2.05, 4.69) is 0 Å². The van der Waals surface area contributed by atoms with E-state index in [1.54, 1.807) is 6.92 Å². The van der Waals surface area contributed by atoms with Crippen LogP contribution in [0.5, 0.6) is 0 Å². The van der Waals surface area contributed by atoms with Crippen LogP contribution in [0.3, 0.4) is 0 Å². The van der Waals surface area contributed by atoms with Crippen molar-refractivity contribution in [2.75, 3.05) is 20.1 Å². The average molecular weight is 210 g/mol. The SMILES string of the molecule is CC(C#N)CN(C)CC(O)C(F)(F)F. The van der Waals surface area contributed by atoms with E-state index < -0.39 is 18.8 Å². The second-order valence-electron chi connectivity index (χ2n) is 3.31. The first-order valence-electron chi connectivity index (χ1n) is 4.10. The molecule has 1 N–H and O–H groups in total. The summed E-state index contributed by atoms with van der Waals surface area (Å²) in [5.41, 5.74) is 0. The summed E-state index contributed by atoms with van der Waals surface area (Å²) in [5.74, 6) is -0.347. The molecule has 6 heteroatoms. The molecule has 0 aliphatic carbocycles. The van der Waals surface area contributed by atoms with Crippen LogP contribution in [0.1, 0.15) is 6.92 Å². The number of hydrogen-bond donors (Lipinski definition) is 1. The number of nitriles is 1. The Morgan fingerprint density at radius 1 is 1.43 bits per heavy atom. The van der Waals surface area contributed by atoms with Gasteiger partial charge >= 0.3 is 6.18 Å². The Bertz CT molecular complexity index is 212. The number of aliphatic hydroxyl groups is 1. The number of aliphatic hydroxyl groups excluding tert-OH is 1. The lowest BCUT2D eigenvalue weighted by Crippen LogP contribution is -2.40. The van der Waals surface area contributed by atoms with E-state index in [4.69, 9.17) is 10.4 Å². The molecule has 0 aromatic carbocycles. The summed E-state index contributed by atoms with van der Waals surface area (Å²) < 4.78 is 35.7. The van der Waals surface area contributed by atoms with Crippen molar-refractivity contribution in [1.82, 2.24) is 4.90 Å². The first-order chi connectivity index (χ1) is 6.27. The first-order valence-corrected chi connectivity index (χ1v) is 4.10. The number of alkyl halides is 3.